The molecule has 0 saturated carbocycles. The van der Waals surface area contributed by atoms with E-state index < -0.39 is 0 Å². The van der Waals surface area contributed by atoms with Gasteiger partial charge in [0, 0.05) is 43.3 Å². The third-order valence-corrected chi connectivity index (χ3v) is 14.6. The zero-order valence-electron chi connectivity index (χ0n) is 36.0. The van der Waals surface area contributed by atoms with Crippen LogP contribution in [0, 0.1) is 0 Å². The van der Waals surface area contributed by atoms with Gasteiger partial charge in [0.2, 0.25) is 0 Å². The van der Waals surface area contributed by atoms with E-state index in [0.29, 0.717) is 0 Å². The maximum absolute atomic E-state index is 2.65. The van der Waals surface area contributed by atoms with Crippen LogP contribution in [0.15, 0.2) is 97.1 Å². The summed E-state index contributed by atoms with van der Waals surface area (Å²) in [6, 6.07) is 38.5. The number of hydrogen-bond acceptors (Lipinski definition) is 3. The summed E-state index contributed by atoms with van der Waals surface area (Å²) in [6.45, 7) is 30.8. The standard InChI is InChI=1S/C52H59BN2S/c1-48(2,3)32-17-21-35(22-18-32)54-41-26-20-33(49(4,5)6)29-40(41)53-45-42(54)15-14-16-43(45)55(36-23-25-38-39(31-36)52(12,13)28-27-51(38,10)11)46-37-24-19-34(50(7,8)9)30-44(37)56-47(46)53/h14-26,29-31H,27-28H2,1-13H3. The van der Waals surface area contributed by atoms with E-state index in [1.807, 2.05) is 11.3 Å². The Bertz CT molecular complexity index is 2550. The molecule has 0 amide bonds. The molecule has 4 heteroatoms. The highest BCUT2D eigenvalue weighted by Crippen LogP contribution is 2.52. The van der Waals surface area contributed by atoms with E-state index >= 15 is 0 Å². The molecule has 0 fully saturated rings. The fraction of sp³-hybridized carbons (Fsp3) is 0.385. The molecule has 3 heterocycles. The first-order chi connectivity index (χ1) is 26.1. The second-order valence-electron chi connectivity index (χ2n) is 21.4. The predicted octanol–water partition coefficient (Wildman–Crippen LogP) is 13.2. The molecule has 0 unspecified atom stereocenters. The van der Waals surface area contributed by atoms with Crippen molar-refractivity contribution >= 4 is 78.0 Å². The zero-order valence-corrected chi connectivity index (χ0v) is 36.8. The molecule has 0 N–H and O–H groups in total. The van der Waals surface area contributed by atoms with Crippen LogP contribution in [0.1, 0.15) is 131 Å². The first-order valence-corrected chi connectivity index (χ1v) is 21.7. The summed E-state index contributed by atoms with van der Waals surface area (Å²) in [6.07, 6.45) is 2.40. The van der Waals surface area contributed by atoms with Gasteiger partial charge in [-0.3, -0.25) is 0 Å². The number of thiophene rings is 1. The van der Waals surface area contributed by atoms with Gasteiger partial charge in [-0.2, -0.15) is 0 Å². The Hall–Kier alpha value is -4.28. The van der Waals surface area contributed by atoms with Gasteiger partial charge in [0.1, 0.15) is 0 Å². The summed E-state index contributed by atoms with van der Waals surface area (Å²) in [7, 11) is 0. The van der Waals surface area contributed by atoms with Crippen molar-refractivity contribution < 1.29 is 0 Å². The van der Waals surface area contributed by atoms with Crippen molar-refractivity contribution in [3.8, 4) is 0 Å². The van der Waals surface area contributed by atoms with E-state index in [0.717, 1.165) is 0 Å². The summed E-state index contributed by atoms with van der Waals surface area (Å²) in [5, 5.41) is 1.35. The van der Waals surface area contributed by atoms with Crippen LogP contribution in [0.25, 0.3) is 10.1 Å². The molecule has 2 nitrogen and oxygen atoms in total. The fourth-order valence-electron chi connectivity index (χ4n) is 9.73. The van der Waals surface area contributed by atoms with E-state index in [4.69, 9.17) is 0 Å². The monoisotopic (exact) mass is 754 g/mol. The van der Waals surface area contributed by atoms with Crippen LogP contribution in [0.4, 0.5) is 34.1 Å². The van der Waals surface area contributed by atoms with Crippen LogP contribution in [0.2, 0.25) is 0 Å². The van der Waals surface area contributed by atoms with E-state index in [-0.39, 0.29) is 33.8 Å². The molecule has 0 saturated heterocycles. The van der Waals surface area contributed by atoms with E-state index in [1.54, 1.807) is 0 Å². The second kappa shape index (κ2) is 12.1. The Morgan fingerprint density at radius 2 is 1.09 bits per heavy atom. The minimum absolute atomic E-state index is 0.0169. The Kier molecular flexibility index (Phi) is 8.08. The molecule has 0 spiro atoms. The third kappa shape index (κ3) is 5.71. The lowest BCUT2D eigenvalue weighted by atomic mass is 9.36. The lowest BCUT2D eigenvalue weighted by Crippen LogP contribution is -2.60. The Morgan fingerprint density at radius 3 is 1.73 bits per heavy atom. The van der Waals surface area contributed by atoms with Crippen molar-refractivity contribution in [1.82, 2.24) is 0 Å². The van der Waals surface area contributed by atoms with Crippen LogP contribution < -0.4 is 25.5 Å². The number of rotatable bonds is 2. The average Bonchev–Trinajstić information content (AvgIpc) is 3.51. The number of nitrogens with zero attached hydrogens (tertiary/aromatic N) is 2. The second-order valence-corrected chi connectivity index (χ2v) is 22.5. The van der Waals surface area contributed by atoms with Crippen LogP contribution in [-0.2, 0) is 27.1 Å². The van der Waals surface area contributed by atoms with Crippen molar-refractivity contribution in [2.45, 2.75) is 130 Å². The molecule has 1 aromatic heterocycles. The van der Waals surface area contributed by atoms with Gasteiger partial charge in [0.05, 0.1) is 5.69 Å². The average molecular weight is 755 g/mol. The minimum atomic E-state index is 0.0169. The largest absolute Gasteiger partial charge is 0.311 e. The molecule has 286 valence electrons. The summed E-state index contributed by atoms with van der Waals surface area (Å²) < 4.78 is 2.81. The molecule has 1 aliphatic carbocycles. The quantitative estimate of drug-likeness (QED) is 0.162. The van der Waals surface area contributed by atoms with Crippen LogP contribution in [-0.4, -0.2) is 6.71 Å². The summed E-state index contributed by atoms with van der Waals surface area (Å²) in [5.74, 6) is 0. The molecule has 9 rings (SSSR count). The maximum atomic E-state index is 2.65. The van der Waals surface area contributed by atoms with E-state index in [9.17, 15) is 0 Å². The Labute approximate surface area is 341 Å². The molecule has 3 aliphatic rings. The van der Waals surface area contributed by atoms with Gasteiger partial charge < -0.3 is 9.80 Å². The molecule has 6 aromatic rings. The Morgan fingerprint density at radius 1 is 0.536 bits per heavy atom. The predicted molar refractivity (Wildman–Crippen MR) is 247 cm³/mol. The number of hydrogen-bond donors (Lipinski definition) is 0. The van der Waals surface area contributed by atoms with Crippen molar-refractivity contribution in [2.24, 2.45) is 0 Å². The molecule has 5 aromatic carbocycles. The zero-order chi connectivity index (χ0) is 39.9. The van der Waals surface area contributed by atoms with Crippen molar-refractivity contribution in [2.75, 3.05) is 9.80 Å². The molecule has 0 atom stereocenters. The molecule has 56 heavy (non-hydrogen) atoms. The normalized spacial score (nSPS) is 17.1. The topological polar surface area (TPSA) is 6.48 Å². The molecule has 0 bridgehead atoms. The SMILES string of the molecule is CC(C)(C)c1ccc(N2c3ccc(C(C)(C)C)cc3B3c4sc5cc(C(C)(C)C)ccc5c4N(c4ccc5c(c4)C(C)(C)CCC5(C)C)c4cccc2c43)cc1. The van der Waals surface area contributed by atoms with E-state index in [1.165, 1.54) is 101 Å². The van der Waals surface area contributed by atoms with Gasteiger partial charge in [-0.05, 0) is 127 Å². The first-order valence-electron chi connectivity index (χ1n) is 20.9. The molecule has 2 aliphatic heterocycles. The summed E-state index contributed by atoms with van der Waals surface area (Å²) in [5.41, 5.74) is 18.0. The molecular weight excluding hydrogens is 695 g/mol. The maximum Gasteiger partial charge on any atom is 0.264 e. The van der Waals surface area contributed by atoms with Gasteiger partial charge in [0.15, 0.2) is 0 Å². The Balaban J connectivity index is 1.37. The lowest BCUT2D eigenvalue weighted by Gasteiger charge is -2.45. The summed E-state index contributed by atoms with van der Waals surface area (Å²) >= 11 is 2.01. The van der Waals surface area contributed by atoms with Gasteiger partial charge >= 0.3 is 0 Å². The number of anilines is 6. The van der Waals surface area contributed by atoms with Gasteiger partial charge in [-0.1, -0.05) is 139 Å². The van der Waals surface area contributed by atoms with Crippen LogP contribution >= 0.6 is 11.3 Å². The van der Waals surface area contributed by atoms with Crippen molar-refractivity contribution in [1.29, 1.82) is 0 Å². The minimum Gasteiger partial charge on any atom is -0.311 e. The third-order valence-electron chi connectivity index (χ3n) is 13.4. The van der Waals surface area contributed by atoms with Gasteiger partial charge in [-0.25, -0.2) is 0 Å². The highest BCUT2D eigenvalue weighted by atomic mass is 32.1. The molecular formula is C52H59BN2S. The fourth-order valence-corrected chi connectivity index (χ4v) is 11.1. The summed E-state index contributed by atoms with van der Waals surface area (Å²) in [4.78, 5) is 5.20. The number of fused-ring (bicyclic) bond motifs is 7. The van der Waals surface area contributed by atoms with Crippen LogP contribution in [0.3, 0.4) is 0 Å². The highest BCUT2D eigenvalue weighted by molar-refractivity contribution is 7.33. The smallest absolute Gasteiger partial charge is 0.264 e. The van der Waals surface area contributed by atoms with Gasteiger partial charge in [0.25, 0.3) is 6.71 Å². The highest BCUT2D eigenvalue weighted by Gasteiger charge is 2.46. The van der Waals surface area contributed by atoms with Crippen molar-refractivity contribution in [3.63, 3.8) is 0 Å². The first kappa shape index (κ1) is 37.3. The van der Waals surface area contributed by atoms with E-state index in [2.05, 4.69) is 197 Å². The van der Waals surface area contributed by atoms with Crippen LogP contribution in [0.5, 0.6) is 0 Å². The lowest BCUT2D eigenvalue weighted by molar-refractivity contribution is 0.332. The van der Waals surface area contributed by atoms with Crippen molar-refractivity contribution in [3.05, 3.63) is 125 Å². The van der Waals surface area contributed by atoms with Gasteiger partial charge in [-0.15, -0.1) is 11.3 Å². The number of benzene rings is 5. The molecule has 0 radical (unpaired) electrons.